The second-order valence-electron chi connectivity index (χ2n) is 4.10. The van der Waals surface area contributed by atoms with E-state index in [0.29, 0.717) is 17.0 Å². The van der Waals surface area contributed by atoms with Gasteiger partial charge in [-0.15, -0.1) is 5.10 Å². The highest BCUT2D eigenvalue weighted by atomic mass is 32.1. The highest BCUT2D eigenvalue weighted by Crippen LogP contribution is 2.23. The molecule has 0 bridgehead atoms. The molecule has 1 aromatic rings. The molecule has 7 nitrogen and oxygen atoms in total. The van der Waals surface area contributed by atoms with Crippen LogP contribution < -0.4 is 0 Å². The number of hydrogen-bond donors (Lipinski definition) is 2. The van der Waals surface area contributed by atoms with Crippen LogP contribution in [0.4, 0.5) is 0 Å². The number of aromatic nitrogens is 2. The second-order valence-corrected chi connectivity index (χ2v) is 4.86. The summed E-state index contributed by atoms with van der Waals surface area (Å²) in [4.78, 5) is 24.8. The topological polar surface area (TPSA) is 104 Å². The Labute approximate surface area is 107 Å². The van der Waals surface area contributed by atoms with E-state index < -0.39 is 24.0 Å². The number of aliphatic hydroxyl groups is 1. The van der Waals surface area contributed by atoms with E-state index in [1.807, 2.05) is 6.92 Å². The van der Waals surface area contributed by atoms with Crippen molar-refractivity contribution in [3.8, 4) is 0 Å². The Morgan fingerprint density at radius 2 is 2.28 bits per heavy atom. The van der Waals surface area contributed by atoms with Crippen LogP contribution in [0.2, 0.25) is 0 Å². The molecule has 18 heavy (non-hydrogen) atoms. The summed E-state index contributed by atoms with van der Waals surface area (Å²) < 4.78 is 3.71. The van der Waals surface area contributed by atoms with Gasteiger partial charge in [0.25, 0.3) is 5.91 Å². The summed E-state index contributed by atoms with van der Waals surface area (Å²) in [5.41, 5.74) is 0.565. The zero-order valence-corrected chi connectivity index (χ0v) is 10.6. The minimum absolute atomic E-state index is 0.0385. The first-order chi connectivity index (χ1) is 8.54. The molecule has 0 spiro atoms. The van der Waals surface area contributed by atoms with Crippen LogP contribution in [-0.2, 0) is 11.2 Å². The number of aryl methyl sites for hydroxylation is 1. The van der Waals surface area contributed by atoms with E-state index in [-0.39, 0.29) is 13.0 Å². The molecule has 2 heterocycles. The van der Waals surface area contributed by atoms with Crippen molar-refractivity contribution in [1.82, 2.24) is 14.5 Å². The first-order valence-electron chi connectivity index (χ1n) is 5.57. The number of amides is 1. The van der Waals surface area contributed by atoms with Crippen LogP contribution in [0.3, 0.4) is 0 Å². The molecule has 1 aliphatic rings. The normalized spacial score (nSPS) is 23.3. The van der Waals surface area contributed by atoms with Gasteiger partial charge in [-0.2, -0.15) is 0 Å². The Bertz CT molecular complexity index is 475. The third-order valence-electron chi connectivity index (χ3n) is 2.91. The highest BCUT2D eigenvalue weighted by molar-refractivity contribution is 7.08. The van der Waals surface area contributed by atoms with Crippen LogP contribution >= 0.6 is 11.5 Å². The minimum atomic E-state index is -1.10. The van der Waals surface area contributed by atoms with Crippen molar-refractivity contribution < 1.29 is 19.8 Å². The zero-order chi connectivity index (χ0) is 13.3. The van der Waals surface area contributed by atoms with Gasteiger partial charge in [-0.25, -0.2) is 4.79 Å². The molecule has 2 N–H and O–H groups in total. The molecule has 0 radical (unpaired) electrons. The fourth-order valence-electron chi connectivity index (χ4n) is 2.01. The Kier molecular flexibility index (Phi) is 3.58. The van der Waals surface area contributed by atoms with Crippen molar-refractivity contribution in [3.63, 3.8) is 0 Å². The number of nitrogens with zero attached hydrogens (tertiary/aromatic N) is 3. The number of rotatable bonds is 3. The molecule has 1 fully saturated rings. The van der Waals surface area contributed by atoms with Crippen LogP contribution in [0.1, 0.15) is 28.7 Å². The monoisotopic (exact) mass is 271 g/mol. The predicted molar refractivity (Wildman–Crippen MR) is 62.4 cm³/mol. The average molecular weight is 271 g/mol. The molecule has 98 valence electrons. The van der Waals surface area contributed by atoms with Crippen molar-refractivity contribution >= 4 is 23.4 Å². The van der Waals surface area contributed by atoms with E-state index in [9.17, 15) is 14.7 Å². The average Bonchev–Trinajstić information content (AvgIpc) is 2.93. The number of carbonyl (C=O) groups is 2. The number of carboxylic acid groups (broad SMARTS) is 1. The molecule has 2 rings (SSSR count). The van der Waals surface area contributed by atoms with Gasteiger partial charge in [-0.05, 0) is 18.0 Å². The van der Waals surface area contributed by atoms with Gasteiger partial charge in [0.15, 0.2) is 0 Å². The molecule has 1 unspecified atom stereocenters. The number of carbonyl (C=O) groups excluding carboxylic acids is 1. The summed E-state index contributed by atoms with van der Waals surface area (Å²) in [5, 5.41) is 22.4. The zero-order valence-electron chi connectivity index (χ0n) is 9.74. The molecule has 0 aliphatic carbocycles. The summed E-state index contributed by atoms with van der Waals surface area (Å²) in [5.74, 6) is -1.51. The lowest BCUT2D eigenvalue weighted by Gasteiger charge is -2.20. The molecule has 2 atom stereocenters. The van der Waals surface area contributed by atoms with Gasteiger partial charge in [0.05, 0.1) is 11.8 Å². The number of aliphatic carboxylic acids is 1. The maximum absolute atomic E-state index is 12.2. The van der Waals surface area contributed by atoms with Crippen LogP contribution in [0.25, 0.3) is 0 Å². The molecular formula is C10H13N3O4S. The van der Waals surface area contributed by atoms with Crippen molar-refractivity contribution in [2.75, 3.05) is 6.54 Å². The number of likely N-dealkylation sites (tertiary alicyclic amines) is 1. The fraction of sp³-hybridized carbons (Fsp3) is 0.600. The number of carboxylic acids is 1. The quantitative estimate of drug-likeness (QED) is 0.786. The summed E-state index contributed by atoms with van der Waals surface area (Å²) in [6.45, 7) is 1.89. The maximum atomic E-state index is 12.2. The van der Waals surface area contributed by atoms with Crippen molar-refractivity contribution in [3.05, 3.63) is 10.6 Å². The first-order valence-corrected chi connectivity index (χ1v) is 6.35. The summed E-state index contributed by atoms with van der Waals surface area (Å²) in [7, 11) is 0. The van der Waals surface area contributed by atoms with E-state index in [2.05, 4.69) is 9.59 Å². The van der Waals surface area contributed by atoms with E-state index >= 15 is 0 Å². The van der Waals surface area contributed by atoms with E-state index in [1.54, 1.807) is 0 Å². The Morgan fingerprint density at radius 3 is 2.89 bits per heavy atom. The molecule has 1 amide bonds. The largest absolute Gasteiger partial charge is 0.480 e. The second kappa shape index (κ2) is 4.99. The van der Waals surface area contributed by atoms with Gasteiger partial charge in [-0.1, -0.05) is 11.4 Å². The Balaban J connectivity index is 2.25. The van der Waals surface area contributed by atoms with Crippen LogP contribution in [0.15, 0.2) is 0 Å². The lowest BCUT2D eigenvalue weighted by atomic mass is 10.2. The first kappa shape index (κ1) is 12.9. The molecule has 0 saturated carbocycles. The lowest BCUT2D eigenvalue weighted by molar-refractivity contribution is -0.141. The SMILES string of the molecule is CCc1nnsc1C(=O)N1CC(O)C[C@H]1C(=O)O. The van der Waals surface area contributed by atoms with Crippen LogP contribution in [0, 0.1) is 0 Å². The summed E-state index contributed by atoms with van der Waals surface area (Å²) in [6.07, 6.45) is -0.165. The van der Waals surface area contributed by atoms with Gasteiger partial charge >= 0.3 is 5.97 Å². The lowest BCUT2D eigenvalue weighted by Crippen LogP contribution is -2.40. The molecule has 1 aliphatic heterocycles. The highest BCUT2D eigenvalue weighted by Gasteiger charge is 2.40. The molecular weight excluding hydrogens is 258 g/mol. The smallest absolute Gasteiger partial charge is 0.326 e. The minimum Gasteiger partial charge on any atom is -0.480 e. The number of aliphatic hydroxyl groups excluding tert-OH is 1. The molecule has 1 aromatic heterocycles. The van der Waals surface area contributed by atoms with Crippen molar-refractivity contribution in [1.29, 1.82) is 0 Å². The van der Waals surface area contributed by atoms with Gasteiger partial charge in [0.2, 0.25) is 0 Å². The van der Waals surface area contributed by atoms with Crippen molar-refractivity contribution in [2.24, 2.45) is 0 Å². The standard InChI is InChI=1S/C10H13N3O4S/c1-2-6-8(18-12-11-6)9(15)13-4-5(14)3-7(13)10(16)17/h5,7,14H,2-4H2,1H3,(H,16,17)/t5?,7-/m0/s1. The van der Waals surface area contributed by atoms with Crippen LogP contribution in [-0.4, -0.2) is 55.3 Å². The number of β-amino-alcohol motifs (C(OH)–C–C–N with tert-alkyl or cyclic N) is 1. The third kappa shape index (κ3) is 2.21. The van der Waals surface area contributed by atoms with Gasteiger partial charge in [-0.3, -0.25) is 4.79 Å². The van der Waals surface area contributed by atoms with E-state index in [1.165, 1.54) is 4.90 Å². The van der Waals surface area contributed by atoms with Crippen molar-refractivity contribution in [2.45, 2.75) is 31.9 Å². The molecule has 0 aromatic carbocycles. The Morgan fingerprint density at radius 1 is 1.56 bits per heavy atom. The summed E-state index contributed by atoms with van der Waals surface area (Å²) in [6, 6.07) is -0.973. The summed E-state index contributed by atoms with van der Waals surface area (Å²) >= 11 is 0.957. The predicted octanol–water partition coefficient (Wildman–Crippen LogP) is -0.240. The molecule has 1 saturated heterocycles. The fourth-order valence-corrected chi connectivity index (χ4v) is 2.71. The van der Waals surface area contributed by atoms with Gasteiger partial charge in [0.1, 0.15) is 10.9 Å². The third-order valence-corrected chi connectivity index (χ3v) is 3.67. The van der Waals surface area contributed by atoms with E-state index in [0.717, 1.165) is 11.5 Å². The van der Waals surface area contributed by atoms with Crippen LogP contribution in [0.5, 0.6) is 0 Å². The van der Waals surface area contributed by atoms with Gasteiger partial charge in [0, 0.05) is 13.0 Å². The molecule has 8 heteroatoms. The maximum Gasteiger partial charge on any atom is 0.326 e. The van der Waals surface area contributed by atoms with Gasteiger partial charge < -0.3 is 15.1 Å². The number of hydrogen-bond acceptors (Lipinski definition) is 6. The Hall–Kier alpha value is -1.54. The van der Waals surface area contributed by atoms with E-state index in [4.69, 9.17) is 5.11 Å².